The fraction of sp³-hybridized carbons (Fsp3) is 1.00. The van der Waals surface area contributed by atoms with Crippen LogP contribution in [0.4, 0.5) is 0 Å². The Labute approximate surface area is 75.8 Å². The Morgan fingerprint density at radius 3 is 2.00 bits per heavy atom. The van der Waals surface area contributed by atoms with Gasteiger partial charge in [-0.15, -0.1) is 0 Å². The molecule has 0 spiro atoms. The fourth-order valence-corrected chi connectivity index (χ4v) is 2.62. The van der Waals surface area contributed by atoms with Gasteiger partial charge in [-0.2, -0.15) is 4.31 Å². The third-order valence-electron chi connectivity index (χ3n) is 1.92. The van der Waals surface area contributed by atoms with E-state index in [0.717, 1.165) is 12.8 Å². The summed E-state index contributed by atoms with van der Waals surface area (Å²) in [5.74, 6) is 0. The second-order valence-electron chi connectivity index (χ2n) is 2.86. The highest BCUT2D eigenvalue weighted by molar-refractivity contribution is 7.88. The zero-order valence-electron chi connectivity index (χ0n) is 8.37. The molecule has 3 nitrogen and oxygen atoms in total. The summed E-state index contributed by atoms with van der Waals surface area (Å²) in [6.07, 6.45) is 3.29. The van der Waals surface area contributed by atoms with Gasteiger partial charge in [0.2, 0.25) is 10.0 Å². The lowest BCUT2D eigenvalue weighted by Crippen LogP contribution is -2.32. The second kappa shape index (κ2) is 4.82. The van der Waals surface area contributed by atoms with Crippen LogP contribution in [0.15, 0.2) is 0 Å². The van der Waals surface area contributed by atoms with Crippen molar-refractivity contribution in [1.29, 1.82) is 0 Å². The van der Waals surface area contributed by atoms with E-state index in [1.807, 2.05) is 20.8 Å². The molecule has 0 amide bonds. The standard InChI is InChI=1S/C6H13NO2S.C2H6/c1-6-4-3-5-7(6)10(2,8)9;1-2/h6H,3-5H2,1-2H3;1-2H3/t6-;/m0./s1. The molecule has 1 fully saturated rings. The van der Waals surface area contributed by atoms with E-state index in [1.165, 1.54) is 6.26 Å². The molecule has 12 heavy (non-hydrogen) atoms. The molecule has 0 aliphatic carbocycles. The Bertz CT molecular complexity index is 211. The minimum Gasteiger partial charge on any atom is -0.212 e. The smallest absolute Gasteiger partial charge is 0.211 e. The molecule has 0 aromatic rings. The molecule has 1 rings (SSSR count). The van der Waals surface area contributed by atoms with E-state index in [9.17, 15) is 8.42 Å². The molecule has 0 saturated carbocycles. The number of sulfonamides is 1. The van der Waals surface area contributed by atoms with Crippen LogP contribution in [0.3, 0.4) is 0 Å². The Morgan fingerprint density at radius 1 is 1.33 bits per heavy atom. The molecule has 0 aromatic carbocycles. The molecule has 4 heteroatoms. The molecule has 1 heterocycles. The molecule has 1 atom stereocenters. The molecule has 0 bridgehead atoms. The number of hydrogen-bond acceptors (Lipinski definition) is 2. The second-order valence-corrected chi connectivity index (χ2v) is 4.80. The maximum Gasteiger partial charge on any atom is 0.211 e. The highest BCUT2D eigenvalue weighted by atomic mass is 32.2. The van der Waals surface area contributed by atoms with E-state index in [0.29, 0.717) is 6.54 Å². The normalized spacial score (nSPS) is 24.8. The van der Waals surface area contributed by atoms with Gasteiger partial charge in [-0.25, -0.2) is 8.42 Å². The maximum absolute atomic E-state index is 11.0. The number of nitrogens with zero attached hydrogens (tertiary/aromatic N) is 1. The van der Waals surface area contributed by atoms with E-state index in [4.69, 9.17) is 0 Å². The zero-order valence-corrected chi connectivity index (χ0v) is 9.19. The Hall–Kier alpha value is -0.0900. The summed E-state index contributed by atoms with van der Waals surface area (Å²) in [7, 11) is -2.92. The number of hydrogen-bond donors (Lipinski definition) is 0. The van der Waals surface area contributed by atoms with Crippen molar-refractivity contribution in [3.05, 3.63) is 0 Å². The van der Waals surface area contributed by atoms with Crippen LogP contribution in [-0.4, -0.2) is 31.6 Å². The summed E-state index contributed by atoms with van der Waals surface area (Å²) in [6.45, 7) is 6.66. The van der Waals surface area contributed by atoms with Crippen molar-refractivity contribution >= 4 is 10.0 Å². The first-order chi connectivity index (χ1) is 5.52. The van der Waals surface area contributed by atoms with Gasteiger partial charge in [0.15, 0.2) is 0 Å². The molecule has 74 valence electrons. The summed E-state index contributed by atoms with van der Waals surface area (Å²) < 4.78 is 23.5. The molecule has 0 unspecified atom stereocenters. The summed E-state index contributed by atoms with van der Waals surface area (Å²) >= 11 is 0. The highest BCUT2D eigenvalue weighted by Crippen LogP contribution is 2.18. The quantitative estimate of drug-likeness (QED) is 0.632. The largest absolute Gasteiger partial charge is 0.212 e. The van der Waals surface area contributed by atoms with Crippen LogP contribution in [0.2, 0.25) is 0 Å². The monoisotopic (exact) mass is 193 g/mol. The van der Waals surface area contributed by atoms with Gasteiger partial charge in [-0.05, 0) is 19.8 Å². The third-order valence-corrected chi connectivity index (χ3v) is 3.31. The van der Waals surface area contributed by atoms with E-state index in [1.54, 1.807) is 4.31 Å². The zero-order chi connectivity index (χ0) is 9.78. The lowest BCUT2D eigenvalue weighted by molar-refractivity contribution is 0.412. The van der Waals surface area contributed by atoms with Gasteiger partial charge in [0.25, 0.3) is 0 Å². The van der Waals surface area contributed by atoms with Crippen molar-refractivity contribution in [3.8, 4) is 0 Å². The Balaban J connectivity index is 0.000000561. The molecule has 0 aromatic heterocycles. The van der Waals surface area contributed by atoms with Crippen LogP contribution in [0.25, 0.3) is 0 Å². The fourth-order valence-electron chi connectivity index (χ4n) is 1.40. The van der Waals surface area contributed by atoms with Crippen molar-refractivity contribution in [2.75, 3.05) is 12.8 Å². The van der Waals surface area contributed by atoms with Crippen LogP contribution >= 0.6 is 0 Å². The van der Waals surface area contributed by atoms with Gasteiger partial charge in [-0.1, -0.05) is 13.8 Å². The topological polar surface area (TPSA) is 37.4 Å². The minimum atomic E-state index is -2.92. The predicted molar refractivity (Wildman–Crippen MR) is 51.6 cm³/mol. The van der Waals surface area contributed by atoms with Crippen molar-refractivity contribution in [3.63, 3.8) is 0 Å². The van der Waals surface area contributed by atoms with Gasteiger partial charge < -0.3 is 0 Å². The molecule has 1 saturated heterocycles. The van der Waals surface area contributed by atoms with E-state index in [-0.39, 0.29) is 6.04 Å². The van der Waals surface area contributed by atoms with Gasteiger partial charge in [0.1, 0.15) is 0 Å². The van der Waals surface area contributed by atoms with Crippen LogP contribution in [0.1, 0.15) is 33.6 Å². The number of rotatable bonds is 1. The molecular formula is C8H19NO2S. The lowest BCUT2D eigenvalue weighted by Gasteiger charge is -2.17. The van der Waals surface area contributed by atoms with Crippen molar-refractivity contribution in [1.82, 2.24) is 4.31 Å². The van der Waals surface area contributed by atoms with E-state index in [2.05, 4.69) is 0 Å². The van der Waals surface area contributed by atoms with Gasteiger partial charge in [0, 0.05) is 12.6 Å². The van der Waals surface area contributed by atoms with Gasteiger partial charge in [0.05, 0.1) is 6.26 Å². The summed E-state index contributed by atoms with van der Waals surface area (Å²) in [6, 6.07) is 0.218. The van der Waals surface area contributed by atoms with Gasteiger partial charge >= 0.3 is 0 Å². The Kier molecular flexibility index (Phi) is 4.78. The van der Waals surface area contributed by atoms with Crippen LogP contribution in [0.5, 0.6) is 0 Å². The first kappa shape index (κ1) is 11.9. The maximum atomic E-state index is 11.0. The van der Waals surface area contributed by atoms with Crippen molar-refractivity contribution in [2.45, 2.75) is 39.7 Å². The van der Waals surface area contributed by atoms with Crippen LogP contribution in [0, 0.1) is 0 Å². The molecule has 0 radical (unpaired) electrons. The van der Waals surface area contributed by atoms with Crippen LogP contribution in [-0.2, 0) is 10.0 Å². The minimum absolute atomic E-state index is 0.218. The van der Waals surface area contributed by atoms with E-state index >= 15 is 0 Å². The predicted octanol–water partition coefficient (Wildman–Crippen LogP) is 1.46. The van der Waals surface area contributed by atoms with Crippen molar-refractivity contribution in [2.24, 2.45) is 0 Å². The lowest BCUT2D eigenvalue weighted by atomic mass is 10.3. The summed E-state index contributed by atoms with van der Waals surface area (Å²) in [5.41, 5.74) is 0. The Morgan fingerprint density at radius 2 is 1.83 bits per heavy atom. The van der Waals surface area contributed by atoms with Crippen LogP contribution < -0.4 is 0 Å². The molecular weight excluding hydrogens is 174 g/mol. The van der Waals surface area contributed by atoms with Crippen molar-refractivity contribution < 1.29 is 8.42 Å². The highest BCUT2D eigenvalue weighted by Gasteiger charge is 2.27. The molecule has 0 N–H and O–H groups in total. The average Bonchev–Trinajstić information content (AvgIpc) is 2.38. The molecule has 1 aliphatic heterocycles. The first-order valence-electron chi connectivity index (χ1n) is 4.48. The summed E-state index contributed by atoms with van der Waals surface area (Å²) in [5, 5.41) is 0. The SMILES string of the molecule is CC.C[C@H]1CCCN1S(C)(=O)=O. The first-order valence-corrected chi connectivity index (χ1v) is 6.33. The van der Waals surface area contributed by atoms with Gasteiger partial charge in [-0.3, -0.25) is 0 Å². The molecule has 1 aliphatic rings. The van der Waals surface area contributed by atoms with E-state index < -0.39 is 10.0 Å². The average molecular weight is 193 g/mol. The summed E-state index contributed by atoms with van der Waals surface area (Å²) in [4.78, 5) is 0. The third kappa shape index (κ3) is 3.11.